The minimum absolute atomic E-state index is 0.0142. The first kappa shape index (κ1) is 7.35. The van der Waals surface area contributed by atoms with E-state index in [0.29, 0.717) is 0 Å². The van der Waals surface area contributed by atoms with Crippen LogP contribution < -0.4 is 5.73 Å². The summed E-state index contributed by atoms with van der Waals surface area (Å²) in [6.45, 7) is 3.97. The van der Waals surface area contributed by atoms with E-state index in [1.165, 1.54) is 0 Å². The third-order valence-corrected chi connectivity index (χ3v) is 1.48. The molecule has 0 amide bonds. The van der Waals surface area contributed by atoms with E-state index >= 15 is 0 Å². The lowest BCUT2D eigenvalue weighted by molar-refractivity contribution is 0.446. The molecular formula is C8H13NO. The fraction of sp³-hybridized carbons (Fsp3) is 0.500. The van der Waals surface area contributed by atoms with Crippen molar-refractivity contribution in [2.24, 2.45) is 5.73 Å². The zero-order valence-electron chi connectivity index (χ0n) is 6.42. The van der Waals surface area contributed by atoms with Crippen LogP contribution in [0.4, 0.5) is 0 Å². The first-order valence-electron chi connectivity index (χ1n) is 3.58. The van der Waals surface area contributed by atoms with E-state index in [2.05, 4.69) is 6.92 Å². The van der Waals surface area contributed by atoms with Crippen molar-refractivity contribution in [3.05, 3.63) is 23.7 Å². The van der Waals surface area contributed by atoms with Crippen LogP contribution in [0.1, 0.15) is 31.4 Å². The van der Waals surface area contributed by atoms with Crippen molar-refractivity contribution in [3.63, 3.8) is 0 Å². The molecule has 56 valence electrons. The van der Waals surface area contributed by atoms with Crippen molar-refractivity contribution in [3.8, 4) is 0 Å². The lowest BCUT2D eigenvalue weighted by Gasteiger charge is -1.97. The molecule has 0 unspecified atom stereocenters. The van der Waals surface area contributed by atoms with Gasteiger partial charge in [0.1, 0.15) is 11.5 Å². The molecule has 2 nitrogen and oxygen atoms in total. The maximum Gasteiger partial charge on any atom is 0.120 e. The van der Waals surface area contributed by atoms with Gasteiger partial charge in [-0.1, -0.05) is 6.92 Å². The Balaban J connectivity index is 2.78. The van der Waals surface area contributed by atoms with E-state index < -0.39 is 0 Å². The fourth-order valence-electron chi connectivity index (χ4n) is 0.829. The highest BCUT2D eigenvalue weighted by molar-refractivity contribution is 5.09. The molecule has 0 saturated heterocycles. The van der Waals surface area contributed by atoms with Crippen LogP contribution in [0, 0.1) is 0 Å². The lowest BCUT2D eigenvalue weighted by Crippen LogP contribution is -2.02. The van der Waals surface area contributed by atoms with Crippen LogP contribution in [-0.2, 0) is 6.42 Å². The van der Waals surface area contributed by atoms with Crippen molar-refractivity contribution in [2.45, 2.75) is 26.3 Å². The molecule has 1 heterocycles. The van der Waals surface area contributed by atoms with Gasteiger partial charge in [0.05, 0.1) is 6.04 Å². The lowest BCUT2D eigenvalue weighted by atomic mass is 10.3. The van der Waals surface area contributed by atoms with E-state index in [9.17, 15) is 0 Å². The second-order valence-corrected chi connectivity index (χ2v) is 2.45. The summed E-state index contributed by atoms with van der Waals surface area (Å²) in [5, 5.41) is 0. The molecule has 1 aromatic rings. The van der Waals surface area contributed by atoms with E-state index in [1.807, 2.05) is 19.1 Å². The predicted molar refractivity (Wildman–Crippen MR) is 40.7 cm³/mol. The number of hydrogen-bond donors (Lipinski definition) is 1. The van der Waals surface area contributed by atoms with Gasteiger partial charge in [-0.15, -0.1) is 0 Å². The average Bonchev–Trinajstić information content (AvgIpc) is 2.34. The fourth-order valence-corrected chi connectivity index (χ4v) is 0.829. The molecule has 10 heavy (non-hydrogen) atoms. The van der Waals surface area contributed by atoms with Gasteiger partial charge in [-0.3, -0.25) is 0 Å². The van der Waals surface area contributed by atoms with Crippen LogP contribution in [0.25, 0.3) is 0 Å². The highest BCUT2D eigenvalue weighted by atomic mass is 16.3. The second-order valence-electron chi connectivity index (χ2n) is 2.45. The number of rotatable bonds is 2. The SMILES string of the molecule is CCc1ccc([C@@H](C)N)o1. The molecule has 2 heteroatoms. The van der Waals surface area contributed by atoms with Crippen LogP contribution in [-0.4, -0.2) is 0 Å². The van der Waals surface area contributed by atoms with Gasteiger partial charge in [0.2, 0.25) is 0 Å². The first-order chi connectivity index (χ1) is 4.74. The summed E-state index contributed by atoms with van der Waals surface area (Å²) in [4.78, 5) is 0. The Morgan fingerprint density at radius 3 is 2.60 bits per heavy atom. The van der Waals surface area contributed by atoms with Crippen LogP contribution >= 0.6 is 0 Å². The van der Waals surface area contributed by atoms with Crippen LogP contribution in [0.5, 0.6) is 0 Å². The molecule has 0 spiro atoms. The molecule has 0 bridgehead atoms. The Kier molecular flexibility index (Phi) is 2.12. The van der Waals surface area contributed by atoms with Crippen LogP contribution in [0.3, 0.4) is 0 Å². The van der Waals surface area contributed by atoms with Gasteiger partial charge < -0.3 is 10.2 Å². The van der Waals surface area contributed by atoms with Crippen molar-refractivity contribution in [2.75, 3.05) is 0 Å². The monoisotopic (exact) mass is 139 g/mol. The quantitative estimate of drug-likeness (QED) is 0.679. The summed E-state index contributed by atoms with van der Waals surface area (Å²) < 4.78 is 5.37. The molecule has 1 rings (SSSR count). The normalized spacial score (nSPS) is 13.5. The molecule has 0 radical (unpaired) electrons. The van der Waals surface area contributed by atoms with Gasteiger partial charge in [-0.05, 0) is 19.1 Å². The molecular weight excluding hydrogens is 126 g/mol. The number of hydrogen-bond acceptors (Lipinski definition) is 2. The van der Waals surface area contributed by atoms with Gasteiger partial charge in [-0.2, -0.15) is 0 Å². The van der Waals surface area contributed by atoms with Crippen LogP contribution in [0.2, 0.25) is 0 Å². The average molecular weight is 139 g/mol. The molecule has 0 aliphatic heterocycles. The minimum atomic E-state index is 0.0142. The Morgan fingerprint density at radius 1 is 1.60 bits per heavy atom. The molecule has 1 atom stereocenters. The summed E-state index contributed by atoms with van der Waals surface area (Å²) in [6.07, 6.45) is 0.937. The maximum atomic E-state index is 5.59. The third-order valence-electron chi connectivity index (χ3n) is 1.48. The molecule has 2 N–H and O–H groups in total. The number of aryl methyl sites for hydroxylation is 1. The van der Waals surface area contributed by atoms with Gasteiger partial charge in [0.15, 0.2) is 0 Å². The minimum Gasteiger partial charge on any atom is -0.464 e. The zero-order valence-corrected chi connectivity index (χ0v) is 6.42. The summed E-state index contributed by atoms with van der Waals surface area (Å²) in [6, 6.07) is 3.92. The van der Waals surface area contributed by atoms with Crippen molar-refractivity contribution >= 4 is 0 Å². The highest BCUT2D eigenvalue weighted by Gasteiger charge is 2.03. The van der Waals surface area contributed by atoms with Gasteiger partial charge in [0.25, 0.3) is 0 Å². The molecule has 0 aromatic carbocycles. The van der Waals surface area contributed by atoms with E-state index in [0.717, 1.165) is 17.9 Å². The van der Waals surface area contributed by atoms with Gasteiger partial charge in [0, 0.05) is 6.42 Å². The van der Waals surface area contributed by atoms with Crippen molar-refractivity contribution in [1.82, 2.24) is 0 Å². The third kappa shape index (κ3) is 1.39. The molecule has 0 aliphatic rings. The summed E-state index contributed by atoms with van der Waals surface area (Å²) in [5.74, 6) is 1.88. The van der Waals surface area contributed by atoms with Crippen LogP contribution in [0.15, 0.2) is 16.5 Å². The second kappa shape index (κ2) is 2.88. The Morgan fingerprint density at radius 2 is 2.30 bits per heavy atom. The largest absolute Gasteiger partial charge is 0.464 e. The Hall–Kier alpha value is -0.760. The van der Waals surface area contributed by atoms with Gasteiger partial charge in [-0.25, -0.2) is 0 Å². The molecule has 0 fully saturated rings. The maximum absolute atomic E-state index is 5.59. The standard InChI is InChI=1S/C8H13NO/c1-3-7-4-5-8(10-7)6(2)9/h4-6H,3,9H2,1-2H3/t6-/m1/s1. The Bertz CT molecular complexity index is 203. The van der Waals surface area contributed by atoms with Crippen molar-refractivity contribution < 1.29 is 4.42 Å². The van der Waals surface area contributed by atoms with Gasteiger partial charge >= 0.3 is 0 Å². The highest BCUT2D eigenvalue weighted by Crippen LogP contribution is 2.13. The van der Waals surface area contributed by atoms with E-state index in [-0.39, 0.29) is 6.04 Å². The smallest absolute Gasteiger partial charge is 0.120 e. The summed E-state index contributed by atoms with van der Waals surface area (Å²) in [5.41, 5.74) is 5.59. The number of nitrogens with two attached hydrogens (primary N) is 1. The predicted octanol–water partition coefficient (Wildman–Crippen LogP) is 1.86. The Labute approximate surface area is 61.0 Å². The van der Waals surface area contributed by atoms with E-state index in [4.69, 9.17) is 10.2 Å². The molecule has 0 aliphatic carbocycles. The summed E-state index contributed by atoms with van der Waals surface area (Å²) in [7, 11) is 0. The topological polar surface area (TPSA) is 39.2 Å². The number of furan rings is 1. The summed E-state index contributed by atoms with van der Waals surface area (Å²) >= 11 is 0. The molecule has 0 saturated carbocycles. The first-order valence-corrected chi connectivity index (χ1v) is 3.58. The molecule has 1 aromatic heterocycles. The zero-order chi connectivity index (χ0) is 7.56. The van der Waals surface area contributed by atoms with Crippen molar-refractivity contribution in [1.29, 1.82) is 0 Å². The van der Waals surface area contributed by atoms with E-state index in [1.54, 1.807) is 0 Å².